The summed E-state index contributed by atoms with van der Waals surface area (Å²) in [4.78, 5) is 16.2. The standard InChI is InChI=1S/C15H15FN4O.CH4/c1-19(2)15(21)9-20-8-10(6-18-20)13-7-17-14-5-11(16)3-4-12(13)14;/h3-8,17H,9H2,1-2H3;1H4. The highest BCUT2D eigenvalue weighted by Gasteiger charge is 2.11. The minimum Gasteiger partial charge on any atom is -0.360 e. The van der Waals surface area contributed by atoms with Crippen LogP contribution in [0.3, 0.4) is 0 Å². The summed E-state index contributed by atoms with van der Waals surface area (Å²) < 4.78 is 14.8. The summed E-state index contributed by atoms with van der Waals surface area (Å²) in [5.41, 5.74) is 2.56. The molecule has 0 atom stereocenters. The predicted molar refractivity (Wildman–Crippen MR) is 84.9 cm³/mol. The number of benzene rings is 1. The molecule has 2 aromatic heterocycles. The molecule has 0 unspecified atom stereocenters. The molecule has 22 heavy (non-hydrogen) atoms. The van der Waals surface area contributed by atoms with Gasteiger partial charge in [-0.15, -0.1) is 0 Å². The number of H-pyrrole nitrogens is 1. The fraction of sp³-hybridized carbons (Fsp3) is 0.250. The van der Waals surface area contributed by atoms with Crippen LogP contribution in [0.15, 0.2) is 36.8 Å². The molecule has 2 heterocycles. The van der Waals surface area contributed by atoms with Gasteiger partial charge in [-0.3, -0.25) is 9.48 Å². The maximum absolute atomic E-state index is 13.2. The molecule has 0 fully saturated rings. The van der Waals surface area contributed by atoms with Gasteiger partial charge in [-0.2, -0.15) is 5.10 Å². The SMILES string of the molecule is C.CN(C)C(=O)Cn1cc(-c2c[nH]c3cc(F)ccc23)cn1. The van der Waals surface area contributed by atoms with Gasteiger partial charge in [-0.05, 0) is 18.2 Å². The van der Waals surface area contributed by atoms with Crippen molar-refractivity contribution < 1.29 is 9.18 Å². The molecule has 0 saturated heterocycles. The van der Waals surface area contributed by atoms with Crippen molar-refractivity contribution in [2.45, 2.75) is 14.0 Å². The number of aromatic nitrogens is 3. The van der Waals surface area contributed by atoms with Crippen LogP contribution in [-0.2, 0) is 11.3 Å². The van der Waals surface area contributed by atoms with Crippen molar-refractivity contribution in [2.24, 2.45) is 0 Å². The number of fused-ring (bicyclic) bond motifs is 1. The molecule has 6 heteroatoms. The van der Waals surface area contributed by atoms with E-state index in [0.717, 1.165) is 22.0 Å². The molecular weight excluding hydrogens is 283 g/mol. The van der Waals surface area contributed by atoms with Crippen molar-refractivity contribution in [2.75, 3.05) is 14.1 Å². The highest BCUT2D eigenvalue weighted by molar-refractivity contribution is 5.95. The number of amides is 1. The lowest BCUT2D eigenvalue weighted by molar-refractivity contribution is -0.129. The van der Waals surface area contributed by atoms with Gasteiger partial charge in [0.15, 0.2) is 0 Å². The summed E-state index contributed by atoms with van der Waals surface area (Å²) in [7, 11) is 3.42. The number of aromatic amines is 1. The smallest absolute Gasteiger partial charge is 0.243 e. The Morgan fingerprint density at radius 1 is 1.41 bits per heavy atom. The van der Waals surface area contributed by atoms with Crippen LogP contribution in [0.4, 0.5) is 4.39 Å². The third kappa shape index (κ3) is 2.86. The summed E-state index contributed by atoms with van der Waals surface area (Å²) in [6.45, 7) is 0.198. The van der Waals surface area contributed by atoms with E-state index in [1.54, 1.807) is 31.0 Å². The first-order valence-corrected chi connectivity index (χ1v) is 6.54. The van der Waals surface area contributed by atoms with Crippen LogP contribution >= 0.6 is 0 Å². The fourth-order valence-electron chi connectivity index (χ4n) is 2.21. The highest BCUT2D eigenvalue weighted by atomic mass is 19.1. The van der Waals surface area contributed by atoms with Gasteiger partial charge in [0.25, 0.3) is 0 Å². The van der Waals surface area contributed by atoms with E-state index >= 15 is 0 Å². The summed E-state index contributed by atoms with van der Waals surface area (Å²) >= 11 is 0. The fourth-order valence-corrected chi connectivity index (χ4v) is 2.21. The molecule has 0 aliphatic heterocycles. The molecule has 0 radical (unpaired) electrons. The molecule has 0 bridgehead atoms. The van der Waals surface area contributed by atoms with Crippen LogP contribution < -0.4 is 0 Å². The number of carbonyl (C=O) groups is 1. The third-order valence-electron chi connectivity index (χ3n) is 3.38. The quantitative estimate of drug-likeness (QED) is 0.809. The molecule has 0 aliphatic rings. The number of halogens is 1. The van der Waals surface area contributed by atoms with E-state index in [1.165, 1.54) is 17.0 Å². The van der Waals surface area contributed by atoms with Crippen LogP contribution in [0, 0.1) is 5.82 Å². The van der Waals surface area contributed by atoms with Crippen molar-refractivity contribution in [1.82, 2.24) is 19.7 Å². The van der Waals surface area contributed by atoms with Crippen molar-refractivity contribution in [1.29, 1.82) is 0 Å². The lowest BCUT2D eigenvalue weighted by Crippen LogP contribution is -2.26. The Morgan fingerprint density at radius 3 is 2.91 bits per heavy atom. The Morgan fingerprint density at radius 2 is 2.18 bits per heavy atom. The van der Waals surface area contributed by atoms with Crippen molar-refractivity contribution in [3.05, 3.63) is 42.6 Å². The molecule has 3 rings (SSSR count). The normalized spacial score (nSPS) is 10.5. The van der Waals surface area contributed by atoms with Gasteiger partial charge < -0.3 is 9.88 Å². The van der Waals surface area contributed by atoms with Crippen LogP contribution in [-0.4, -0.2) is 39.7 Å². The molecular formula is C16H19FN4O. The van der Waals surface area contributed by atoms with Gasteiger partial charge >= 0.3 is 0 Å². The molecule has 3 aromatic rings. The minimum absolute atomic E-state index is 0. The summed E-state index contributed by atoms with van der Waals surface area (Å²) in [6, 6.07) is 4.62. The first-order chi connectivity index (χ1) is 10.0. The van der Waals surface area contributed by atoms with Crippen LogP contribution in [0.5, 0.6) is 0 Å². The molecule has 116 valence electrons. The topological polar surface area (TPSA) is 53.9 Å². The molecule has 1 N–H and O–H groups in total. The maximum atomic E-state index is 13.2. The van der Waals surface area contributed by atoms with E-state index in [1.807, 2.05) is 12.4 Å². The number of carbonyl (C=O) groups excluding carboxylic acids is 1. The number of hydrogen-bond donors (Lipinski definition) is 1. The van der Waals surface area contributed by atoms with Gasteiger partial charge in [0.05, 0.1) is 6.20 Å². The lowest BCUT2D eigenvalue weighted by atomic mass is 10.1. The monoisotopic (exact) mass is 302 g/mol. The molecule has 0 saturated carbocycles. The Balaban J connectivity index is 0.00000176. The number of likely N-dealkylation sites (N-methyl/N-ethyl adjacent to an activating group) is 1. The van der Waals surface area contributed by atoms with Crippen molar-refractivity contribution in [3.8, 4) is 11.1 Å². The Hall–Kier alpha value is -2.63. The van der Waals surface area contributed by atoms with Crippen LogP contribution in [0.2, 0.25) is 0 Å². The summed E-state index contributed by atoms with van der Waals surface area (Å²) in [6.07, 6.45) is 5.33. The van der Waals surface area contributed by atoms with Gasteiger partial charge in [-0.1, -0.05) is 7.43 Å². The van der Waals surface area contributed by atoms with E-state index in [0.29, 0.717) is 0 Å². The third-order valence-corrected chi connectivity index (χ3v) is 3.38. The average Bonchev–Trinajstić information content (AvgIpc) is 3.04. The zero-order chi connectivity index (χ0) is 15.0. The molecule has 0 spiro atoms. The van der Waals surface area contributed by atoms with Gasteiger partial charge in [0.2, 0.25) is 5.91 Å². The van der Waals surface area contributed by atoms with Gasteiger partial charge in [0, 0.05) is 48.5 Å². The zero-order valence-corrected chi connectivity index (χ0v) is 11.8. The second kappa shape index (κ2) is 6.01. The van der Waals surface area contributed by atoms with E-state index in [9.17, 15) is 9.18 Å². The van der Waals surface area contributed by atoms with Crippen LogP contribution in [0.1, 0.15) is 7.43 Å². The molecule has 1 aromatic carbocycles. The molecule has 1 amide bonds. The zero-order valence-electron chi connectivity index (χ0n) is 11.8. The first-order valence-electron chi connectivity index (χ1n) is 6.54. The number of nitrogens with zero attached hydrogens (tertiary/aromatic N) is 3. The Labute approximate surface area is 128 Å². The van der Waals surface area contributed by atoms with Crippen molar-refractivity contribution in [3.63, 3.8) is 0 Å². The Kier molecular flexibility index (Phi) is 4.30. The highest BCUT2D eigenvalue weighted by Crippen LogP contribution is 2.28. The second-order valence-corrected chi connectivity index (χ2v) is 5.11. The van der Waals surface area contributed by atoms with E-state index in [4.69, 9.17) is 0 Å². The second-order valence-electron chi connectivity index (χ2n) is 5.11. The number of rotatable bonds is 3. The lowest BCUT2D eigenvalue weighted by Gasteiger charge is -2.09. The van der Waals surface area contributed by atoms with E-state index in [-0.39, 0.29) is 25.7 Å². The average molecular weight is 302 g/mol. The predicted octanol–water partition coefficient (Wildman–Crippen LogP) is 2.89. The van der Waals surface area contributed by atoms with Gasteiger partial charge in [0.1, 0.15) is 12.4 Å². The summed E-state index contributed by atoms with van der Waals surface area (Å²) in [5, 5.41) is 5.13. The first kappa shape index (κ1) is 15.8. The minimum atomic E-state index is -0.275. The number of nitrogens with one attached hydrogen (secondary N) is 1. The summed E-state index contributed by atoms with van der Waals surface area (Å²) in [5.74, 6) is -0.297. The maximum Gasteiger partial charge on any atom is 0.243 e. The van der Waals surface area contributed by atoms with Crippen LogP contribution in [0.25, 0.3) is 22.0 Å². The van der Waals surface area contributed by atoms with E-state index in [2.05, 4.69) is 10.1 Å². The van der Waals surface area contributed by atoms with E-state index < -0.39 is 0 Å². The van der Waals surface area contributed by atoms with Gasteiger partial charge in [-0.25, -0.2) is 4.39 Å². The Bertz CT molecular complexity index is 803. The van der Waals surface area contributed by atoms with Crippen molar-refractivity contribution >= 4 is 16.8 Å². The number of hydrogen-bond acceptors (Lipinski definition) is 2. The molecule has 0 aliphatic carbocycles. The largest absolute Gasteiger partial charge is 0.360 e. The molecule has 5 nitrogen and oxygen atoms in total.